The number of amides is 1. The first kappa shape index (κ1) is 22.3. The van der Waals surface area contributed by atoms with Gasteiger partial charge < -0.3 is 19.8 Å². The summed E-state index contributed by atoms with van der Waals surface area (Å²) in [7, 11) is 3.16. The number of methoxy groups -OCH3 is 2. The molecular weight excluding hydrogens is 468 g/mol. The van der Waals surface area contributed by atoms with Crippen molar-refractivity contribution in [3.8, 4) is 27.8 Å². The molecule has 1 amide bonds. The highest BCUT2D eigenvalue weighted by Gasteiger charge is 2.15. The Labute approximate surface area is 203 Å². The molecule has 2 N–H and O–H groups in total. The summed E-state index contributed by atoms with van der Waals surface area (Å²) in [4.78, 5) is 36.3. The Hall–Kier alpha value is -4.51. The number of carbonyl (C=O) groups excluding carboxylic acids is 1. The molecular formula is C24H20N6O4S. The summed E-state index contributed by atoms with van der Waals surface area (Å²) in [5.74, 6) is 1.01. The second-order valence-corrected chi connectivity index (χ2v) is 8.34. The highest BCUT2D eigenvalue weighted by Crippen LogP contribution is 2.33. The van der Waals surface area contributed by atoms with E-state index in [4.69, 9.17) is 9.47 Å². The van der Waals surface area contributed by atoms with Gasteiger partial charge in [-0.3, -0.25) is 9.59 Å². The molecule has 0 aliphatic rings. The van der Waals surface area contributed by atoms with Crippen molar-refractivity contribution in [2.75, 3.05) is 19.5 Å². The minimum absolute atomic E-state index is 0.0932. The largest absolute Gasteiger partial charge is 0.493 e. The molecule has 176 valence electrons. The number of hydrogen-bond acceptors (Lipinski definition) is 8. The molecule has 5 rings (SSSR count). The summed E-state index contributed by atoms with van der Waals surface area (Å²) in [5.41, 5.74) is 2.77. The second-order valence-electron chi connectivity index (χ2n) is 7.48. The standard InChI is InChI=1S/C24H20N6O4S/c1-33-19-8-7-14(9-20(19)34-2)24-28-15(12-35-24)10-21(31)29-17-5-3-4-6-18(17)30-22-16(11-27-30)23(32)26-13-25-22/h3-9,11-13H,10H2,1-2H3,(H,29,31)(H,25,26,32). The third-order valence-corrected chi connectivity index (χ3v) is 6.24. The van der Waals surface area contributed by atoms with Crippen LogP contribution in [0.25, 0.3) is 27.3 Å². The van der Waals surface area contributed by atoms with Crippen LogP contribution in [0.2, 0.25) is 0 Å². The van der Waals surface area contributed by atoms with Gasteiger partial charge in [-0.05, 0) is 30.3 Å². The van der Waals surface area contributed by atoms with Crippen LogP contribution in [0.4, 0.5) is 5.69 Å². The summed E-state index contributed by atoms with van der Waals surface area (Å²) in [6.07, 6.45) is 2.86. The van der Waals surface area contributed by atoms with Gasteiger partial charge in [-0.25, -0.2) is 14.6 Å². The van der Waals surface area contributed by atoms with Gasteiger partial charge in [0.2, 0.25) is 5.91 Å². The lowest BCUT2D eigenvalue weighted by Gasteiger charge is -2.11. The van der Waals surface area contributed by atoms with Crippen LogP contribution in [0.1, 0.15) is 5.69 Å². The van der Waals surface area contributed by atoms with E-state index in [0.717, 1.165) is 10.6 Å². The molecule has 2 aromatic carbocycles. The molecule has 0 atom stereocenters. The lowest BCUT2D eigenvalue weighted by atomic mass is 10.2. The number of rotatable bonds is 7. The van der Waals surface area contributed by atoms with E-state index >= 15 is 0 Å². The van der Waals surface area contributed by atoms with Gasteiger partial charge in [0.15, 0.2) is 17.1 Å². The van der Waals surface area contributed by atoms with Gasteiger partial charge in [0.25, 0.3) is 5.56 Å². The van der Waals surface area contributed by atoms with Gasteiger partial charge in [-0.1, -0.05) is 12.1 Å². The van der Waals surface area contributed by atoms with E-state index < -0.39 is 0 Å². The zero-order chi connectivity index (χ0) is 24.4. The maximum absolute atomic E-state index is 12.9. The number of nitrogens with zero attached hydrogens (tertiary/aromatic N) is 4. The van der Waals surface area contributed by atoms with Crippen LogP contribution in [0.3, 0.4) is 0 Å². The molecule has 0 saturated heterocycles. The van der Waals surface area contributed by atoms with E-state index in [1.165, 1.54) is 28.5 Å². The van der Waals surface area contributed by atoms with Crippen molar-refractivity contribution in [3.05, 3.63) is 76.4 Å². The number of fused-ring (bicyclic) bond motifs is 1. The van der Waals surface area contributed by atoms with E-state index in [1.54, 1.807) is 26.4 Å². The Bertz CT molecular complexity index is 1590. The summed E-state index contributed by atoms with van der Waals surface area (Å²) < 4.78 is 12.2. The third kappa shape index (κ3) is 4.36. The van der Waals surface area contributed by atoms with Crippen molar-refractivity contribution >= 4 is 34.0 Å². The quantitative estimate of drug-likeness (QED) is 0.360. The monoisotopic (exact) mass is 488 g/mol. The molecule has 35 heavy (non-hydrogen) atoms. The lowest BCUT2D eigenvalue weighted by Crippen LogP contribution is -2.16. The Morgan fingerprint density at radius 3 is 2.80 bits per heavy atom. The first-order valence-electron chi connectivity index (χ1n) is 10.5. The topological polar surface area (TPSA) is 124 Å². The maximum atomic E-state index is 12.9. The van der Waals surface area contributed by atoms with Gasteiger partial charge in [0, 0.05) is 10.9 Å². The molecule has 0 fully saturated rings. The number of benzene rings is 2. The normalized spacial score (nSPS) is 10.9. The van der Waals surface area contributed by atoms with E-state index in [9.17, 15) is 9.59 Å². The first-order valence-corrected chi connectivity index (χ1v) is 11.4. The van der Waals surface area contributed by atoms with Gasteiger partial charge >= 0.3 is 0 Å². The molecule has 3 aromatic heterocycles. The average Bonchev–Trinajstić information content (AvgIpc) is 3.52. The van der Waals surface area contributed by atoms with Gasteiger partial charge in [-0.2, -0.15) is 5.10 Å². The number of aromatic nitrogens is 5. The first-order chi connectivity index (χ1) is 17.1. The number of thiazole rings is 1. The number of H-pyrrole nitrogens is 1. The van der Waals surface area contributed by atoms with Crippen molar-refractivity contribution in [2.45, 2.75) is 6.42 Å². The minimum atomic E-state index is -0.281. The lowest BCUT2D eigenvalue weighted by molar-refractivity contribution is -0.115. The Kier molecular flexibility index (Phi) is 5.98. The molecule has 0 bridgehead atoms. The van der Waals surface area contributed by atoms with Crippen LogP contribution in [0.5, 0.6) is 11.5 Å². The van der Waals surface area contributed by atoms with Crippen molar-refractivity contribution in [2.24, 2.45) is 0 Å². The Balaban J connectivity index is 1.36. The summed E-state index contributed by atoms with van der Waals surface area (Å²) in [6, 6.07) is 12.8. The second kappa shape index (κ2) is 9.39. The fourth-order valence-electron chi connectivity index (χ4n) is 3.65. The molecule has 10 nitrogen and oxygen atoms in total. The highest BCUT2D eigenvalue weighted by molar-refractivity contribution is 7.13. The van der Waals surface area contributed by atoms with Crippen molar-refractivity contribution in [1.29, 1.82) is 0 Å². The SMILES string of the molecule is COc1ccc(-c2nc(CC(=O)Nc3ccccc3-n3ncc4c(=O)[nH]cnc43)cs2)cc1OC. The molecule has 0 aliphatic heterocycles. The number of para-hydroxylation sites is 2. The predicted octanol–water partition coefficient (Wildman–Crippen LogP) is 3.43. The van der Waals surface area contributed by atoms with Crippen molar-refractivity contribution in [1.82, 2.24) is 24.7 Å². The number of anilines is 1. The fourth-order valence-corrected chi connectivity index (χ4v) is 4.46. The van der Waals surface area contributed by atoms with Gasteiger partial charge in [0.05, 0.1) is 50.2 Å². The van der Waals surface area contributed by atoms with E-state index in [0.29, 0.717) is 39.6 Å². The molecule has 3 heterocycles. The van der Waals surface area contributed by atoms with Crippen LogP contribution in [0.15, 0.2) is 65.2 Å². The van der Waals surface area contributed by atoms with Crippen LogP contribution >= 0.6 is 11.3 Å². The molecule has 5 aromatic rings. The molecule has 11 heteroatoms. The van der Waals surface area contributed by atoms with E-state index in [2.05, 4.69) is 25.4 Å². The zero-order valence-electron chi connectivity index (χ0n) is 18.8. The Morgan fingerprint density at radius 1 is 1.14 bits per heavy atom. The third-order valence-electron chi connectivity index (χ3n) is 5.30. The average molecular weight is 489 g/mol. The summed E-state index contributed by atoms with van der Waals surface area (Å²) in [6.45, 7) is 0. The number of aromatic amines is 1. The zero-order valence-corrected chi connectivity index (χ0v) is 19.6. The van der Waals surface area contributed by atoms with Crippen molar-refractivity contribution < 1.29 is 14.3 Å². The van der Waals surface area contributed by atoms with Gasteiger partial charge in [-0.15, -0.1) is 11.3 Å². The number of ether oxygens (including phenoxy) is 2. The van der Waals surface area contributed by atoms with Crippen molar-refractivity contribution in [3.63, 3.8) is 0 Å². The molecule has 0 radical (unpaired) electrons. The Morgan fingerprint density at radius 2 is 1.97 bits per heavy atom. The number of carbonyl (C=O) groups is 1. The van der Waals surface area contributed by atoms with Crippen LogP contribution in [0, 0.1) is 0 Å². The molecule has 0 spiro atoms. The number of nitrogens with one attached hydrogen (secondary N) is 2. The molecule has 0 aliphatic carbocycles. The van der Waals surface area contributed by atoms with Crippen LogP contribution in [-0.2, 0) is 11.2 Å². The maximum Gasteiger partial charge on any atom is 0.261 e. The summed E-state index contributed by atoms with van der Waals surface area (Å²) >= 11 is 1.45. The number of hydrogen-bond donors (Lipinski definition) is 2. The predicted molar refractivity (Wildman–Crippen MR) is 132 cm³/mol. The highest BCUT2D eigenvalue weighted by atomic mass is 32.1. The van der Waals surface area contributed by atoms with E-state index in [1.807, 2.05) is 35.7 Å². The smallest absolute Gasteiger partial charge is 0.261 e. The molecule has 0 saturated carbocycles. The minimum Gasteiger partial charge on any atom is -0.493 e. The molecule has 0 unspecified atom stereocenters. The van der Waals surface area contributed by atoms with Gasteiger partial charge in [0.1, 0.15) is 10.4 Å². The van der Waals surface area contributed by atoms with Crippen LogP contribution in [-0.4, -0.2) is 44.9 Å². The summed E-state index contributed by atoms with van der Waals surface area (Å²) in [5, 5.41) is 10.2. The fraction of sp³-hybridized carbons (Fsp3) is 0.125. The van der Waals surface area contributed by atoms with Crippen LogP contribution < -0.4 is 20.3 Å². The van der Waals surface area contributed by atoms with E-state index in [-0.39, 0.29) is 17.9 Å².